The second kappa shape index (κ2) is 7.61. The van der Waals surface area contributed by atoms with Gasteiger partial charge in [0.05, 0.1) is 29.5 Å². The van der Waals surface area contributed by atoms with Crippen molar-refractivity contribution in [3.63, 3.8) is 0 Å². The molecule has 0 radical (unpaired) electrons. The molecular formula is C18H22N6. The molecule has 0 fully saturated rings. The van der Waals surface area contributed by atoms with Crippen LogP contribution in [-0.2, 0) is 0 Å². The summed E-state index contributed by atoms with van der Waals surface area (Å²) in [7, 11) is 3.82. The summed E-state index contributed by atoms with van der Waals surface area (Å²) in [5, 5.41) is 19.0. The Bertz CT molecular complexity index is 788. The van der Waals surface area contributed by atoms with Gasteiger partial charge in [0.15, 0.2) is 0 Å². The van der Waals surface area contributed by atoms with E-state index in [0.717, 1.165) is 16.7 Å². The fourth-order valence-corrected chi connectivity index (χ4v) is 2.58. The van der Waals surface area contributed by atoms with Crippen LogP contribution in [-0.4, -0.2) is 37.2 Å². The normalized spacial score (nSPS) is 12.9. The predicted octanol–water partition coefficient (Wildman–Crippen LogP) is 2.82. The second-order valence-corrected chi connectivity index (χ2v) is 6.19. The first-order chi connectivity index (χ1) is 11.5. The Hall–Kier alpha value is -2.86. The molecule has 1 aromatic heterocycles. The van der Waals surface area contributed by atoms with Crippen LogP contribution in [0.15, 0.2) is 24.3 Å². The summed E-state index contributed by atoms with van der Waals surface area (Å²) >= 11 is 0. The van der Waals surface area contributed by atoms with Gasteiger partial charge in [0, 0.05) is 32.6 Å². The lowest BCUT2D eigenvalue weighted by Gasteiger charge is -2.24. The van der Waals surface area contributed by atoms with E-state index in [1.165, 1.54) is 0 Å². The average Bonchev–Trinajstić information content (AvgIpc) is 2.60. The highest BCUT2D eigenvalue weighted by Crippen LogP contribution is 2.26. The summed E-state index contributed by atoms with van der Waals surface area (Å²) in [6.45, 7) is 4.92. The quantitative estimate of drug-likeness (QED) is 0.813. The Morgan fingerprint density at radius 3 is 2.17 bits per heavy atom. The van der Waals surface area contributed by atoms with E-state index in [1.54, 1.807) is 0 Å². The maximum absolute atomic E-state index is 9.06. The van der Waals surface area contributed by atoms with Gasteiger partial charge >= 0.3 is 0 Å². The molecule has 124 valence electrons. The fraction of sp³-hybridized carbons (Fsp3) is 0.444. The number of fused-ring (bicyclic) bond motifs is 1. The number of hydrogen-bond donors (Lipinski definition) is 0. The van der Waals surface area contributed by atoms with Crippen molar-refractivity contribution in [3.8, 4) is 12.1 Å². The third-order valence-corrected chi connectivity index (χ3v) is 3.81. The smallest absolute Gasteiger partial charge is 0.227 e. The lowest BCUT2D eigenvalue weighted by Crippen LogP contribution is -2.28. The molecule has 1 heterocycles. The molecular weight excluding hydrogens is 300 g/mol. The lowest BCUT2D eigenvalue weighted by atomic mass is 10.2. The van der Waals surface area contributed by atoms with Gasteiger partial charge in [0.25, 0.3) is 0 Å². The van der Waals surface area contributed by atoms with Gasteiger partial charge < -0.3 is 9.80 Å². The van der Waals surface area contributed by atoms with Crippen LogP contribution in [0.4, 0.5) is 11.8 Å². The Morgan fingerprint density at radius 2 is 1.54 bits per heavy atom. The van der Waals surface area contributed by atoms with E-state index < -0.39 is 0 Å². The minimum atomic E-state index is -0.107. The van der Waals surface area contributed by atoms with E-state index >= 15 is 0 Å². The predicted molar refractivity (Wildman–Crippen MR) is 95.6 cm³/mol. The van der Waals surface area contributed by atoms with E-state index in [4.69, 9.17) is 15.5 Å². The summed E-state index contributed by atoms with van der Waals surface area (Å²) in [4.78, 5) is 13.2. The van der Waals surface area contributed by atoms with Gasteiger partial charge in [-0.15, -0.1) is 0 Å². The van der Waals surface area contributed by atoms with Crippen molar-refractivity contribution >= 4 is 22.7 Å². The molecule has 0 aliphatic carbocycles. The molecule has 0 amide bonds. The highest BCUT2D eigenvalue weighted by molar-refractivity contribution is 5.90. The second-order valence-electron chi connectivity index (χ2n) is 6.19. The lowest BCUT2D eigenvalue weighted by molar-refractivity contribution is 0.695. The van der Waals surface area contributed by atoms with Gasteiger partial charge in [0.2, 0.25) is 5.95 Å². The van der Waals surface area contributed by atoms with Gasteiger partial charge in [-0.05, 0) is 26.0 Å². The highest BCUT2D eigenvalue weighted by atomic mass is 15.3. The van der Waals surface area contributed by atoms with Crippen LogP contribution >= 0.6 is 0 Å². The highest BCUT2D eigenvalue weighted by Gasteiger charge is 2.16. The number of aromatic nitrogens is 2. The first-order valence-corrected chi connectivity index (χ1v) is 7.94. The Balaban J connectivity index is 2.45. The molecule has 24 heavy (non-hydrogen) atoms. The van der Waals surface area contributed by atoms with Gasteiger partial charge in [-0.1, -0.05) is 12.1 Å². The maximum Gasteiger partial charge on any atom is 0.227 e. The molecule has 0 bridgehead atoms. The number of rotatable bonds is 6. The molecule has 0 spiro atoms. The van der Waals surface area contributed by atoms with Crippen molar-refractivity contribution in [1.29, 1.82) is 10.5 Å². The van der Waals surface area contributed by atoms with Crippen molar-refractivity contribution in [2.24, 2.45) is 11.8 Å². The van der Waals surface area contributed by atoms with E-state index in [1.807, 2.05) is 62.0 Å². The van der Waals surface area contributed by atoms with Gasteiger partial charge in [-0.25, -0.2) is 4.98 Å². The van der Waals surface area contributed by atoms with Crippen molar-refractivity contribution < 1.29 is 0 Å². The van der Waals surface area contributed by atoms with E-state index in [9.17, 15) is 0 Å². The molecule has 0 aliphatic heterocycles. The van der Waals surface area contributed by atoms with Crippen LogP contribution in [0.5, 0.6) is 0 Å². The SMILES string of the molecule is CC(C#N)CN(C)c1nc(N(C)CC(C)C#N)c2ccccc2n1. The van der Waals surface area contributed by atoms with Crippen molar-refractivity contribution in [2.45, 2.75) is 13.8 Å². The summed E-state index contributed by atoms with van der Waals surface area (Å²) < 4.78 is 0. The molecule has 0 saturated heterocycles. The number of anilines is 2. The van der Waals surface area contributed by atoms with Crippen LogP contribution in [0, 0.1) is 34.5 Å². The Morgan fingerprint density at radius 1 is 0.958 bits per heavy atom. The van der Waals surface area contributed by atoms with Gasteiger partial charge in [0.1, 0.15) is 5.82 Å². The Kier molecular flexibility index (Phi) is 5.55. The third-order valence-electron chi connectivity index (χ3n) is 3.81. The zero-order valence-corrected chi connectivity index (χ0v) is 14.6. The van der Waals surface area contributed by atoms with Crippen molar-refractivity contribution in [1.82, 2.24) is 9.97 Å². The van der Waals surface area contributed by atoms with E-state index in [-0.39, 0.29) is 11.8 Å². The molecule has 2 aromatic rings. The van der Waals surface area contributed by atoms with Gasteiger partial charge in [-0.2, -0.15) is 15.5 Å². The zero-order chi connectivity index (χ0) is 17.7. The van der Waals surface area contributed by atoms with E-state index in [2.05, 4.69) is 17.1 Å². The third kappa shape index (κ3) is 3.91. The molecule has 1 aromatic carbocycles. The van der Waals surface area contributed by atoms with Crippen LogP contribution < -0.4 is 9.80 Å². The molecule has 2 rings (SSSR count). The largest absolute Gasteiger partial charge is 0.358 e. The number of hydrogen-bond acceptors (Lipinski definition) is 6. The molecule has 6 heteroatoms. The number of nitrogens with zero attached hydrogens (tertiary/aromatic N) is 6. The minimum absolute atomic E-state index is 0.0940. The number of benzene rings is 1. The molecule has 6 nitrogen and oxygen atoms in total. The van der Waals surface area contributed by atoms with Crippen molar-refractivity contribution in [3.05, 3.63) is 24.3 Å². The number of para-hydroxylation sites is 1. The van der Waals surface area contributed by atoms with Crippen LogP contribution in [0.25, 0.3) is 10.9 Å². The molecule has 0 aliphatic rings. The molecule has 0 N–H and O–H groups in total. The number of nitriles is 2. The first kappa shape index (κ1) is 17.5. The molecule has 2 atom stereocenters. The summed E-state index contributed by atoms with van der Waals surface area (Å²) in [5.41, 5.74) is 0.852. The van der Waals surface area contributed by atoms with Crippen molar-refractivity contribution in [2.75, 3.05) is 37.0 Å². The fourth-order valence-electron chi connectivity index (χ4n) is 2.58. The first-order valence-electron chi connectivity index (χ1n) is 7.94. The van der Waals surface area contributed by atoms with Crippen LogP contribution in [0.3, 0.4) is 0 Å². The zero-order valence-electron chi connectivity index (χ0n) is 14.6. The summed E-state index contributed by atoms with van der Waals surface area (Å²) in [6.07, 6.45) is 0. The summed E-state index contributed by atoms with van der Waals surface area (Å²) in [5.74, 6) is 1.19. The Labute approximate surface area is 143 Å². The molecule has 2 unspecified atom stereocenters. The standard InChI is InChI=1S/C18H22N6/c1-13(9-19)11-23(3)17-15-7-5-6-8-16(15)21-18(22-17)24(4)12-14(2)10-20/h5-8,13-14H,11-12H2,1-4H3. The molecule has 0 saturated carbocycles. The topological polar surface area (TPSA) is 79.8 Å². The van der Waals surface area contributed by atoms with Gasteiger partial charge in [-0.3, -0.25) is 0 Å². The van der Waals surface area contributed by atoms with Crippen LogP contribution in [0.2, 0.25) is 0 Å². The summed E-state index contributed by atoms with van der Waals surface area (Å²) in [6, 6.07) is 12.3. The average molecular weight is 322 g/mol. The minimum Gasteiger partial charge on any atom is -0.358 e. The monoisotopic (exact) mass is 322 g/mol. The maximum atomic E-state index is 9.06. The van der Waals surface area contributed by atoms with Crippen LogP contribution in [0.1, 0.15) is 13.8 Å². The van der Waals surface area contributed by atoms with E-state index in [0.29, 0.717) is 19.0 Å².